The highest BCUT2D eigenvalue weighted by Crippen LogP contribution is 2.30. The quantitative estimate of drug-likeness (QED) is 0.675. The van der Waals surface area contributed by atoms with E-state index in [1.807, 2.05) is 18.5 Å². The van der Waals surface area contributed by atoms with Crippen LogP contribution in [0.5, 0.6) is 0 Å². The van der Waals surface area contributed by atoms with Crippen LogP contribution >= 0.6 is 0 Å². The molecule has 2 aromatic heterocycles. The lowest BCUT2D eigenvalue weighted by Crippen LogP contribution is -2.24. The summed E-state index contributed by atoms with van der Waals surface area (Å²) in [5.74, 6) is 1.12. The molecule has 4 nitrogen and oxygen atoms in total. The van der Waals surface area contributed by atoms with Gasteiger partial charge in [-0.05, 0) is 69.2 Å². The molecule has 2 heterocycles. The van der Waals surface area contributed by atoms with Crippen LogP contribution in [0.2, 0.25) is 0 Å². The Morgan fingerprint density at radius 1 is 1.00 bits per heavy atom. The standard InChI is InChI=1S/C22H29N3O/c1-8-17(9-2)18-12-16(6)25-20(18)22(26)24(7)21(23-25)19-14(4)10-13(3)11-15(19)5/h10-12,17H,8-9H2,1-7H3. The van der Waals surface area contributed by atoms with Gasteiger partial charge in [-0.2, -0.15) is 0 Å². The van der Waals surface area contributed by atoms with Gasteiger partial charge in [0.2, 0.25) is 0 Å². The first-order valence-electron chi connectivity index (χ1n) is 9.47. The molecule has 0 spiro atoms. The van der Waals surface area contributed by atoms with Gasteiger partial charge in [-0.15, -0.1) is 5.10 Å². The molecular weight excluding hydrogens is 322 g/mol. The van der Waals surface area contributed by atoms with Gasteiger partial charge in [-0.1, -0.05) is 31.5 Å². The molecule has 0 N–H and O–H groups in total. The van der Waals surface area contributed by atoms with Crippen LogP contribution in [-0.2, 0) is 7.05 Å². The topological polar surface area (TPSA) is 39.3 Å². The van der Waals surface area contributed by atoms with Crippen molar-refractivity contribution in [3.8, 4) is 11.4 Å². The van der Waals surface area contributed by atoms with Crippen molar-refractivity contribution in [1.29, 1.82) is 0 Å². The maximum Gasteiger partial charge on any atom is 0.278 e. The van der Waals surface area contributed by atoms with Crippen molar-refractivity contribution < 1.29 is 0 Å². The lowest BCUT2D eigenvalue weighted by molar-refractivity contribution is 0.644. The SMILES string of the molecule is CCC(CC)c1cc(C)n2nc(-c3c(C)cc(C)cc3C)n(C)c(=O)c12. The highest BCUT2D eigenvalue weighted by Gasteiger charge is 2.21. The minimum atomic E-state index is 0.0318. The molecule has 0 bridgehead atoms. The van der Waals surface area contributed by atoms with Crippen molar-refractivity contribution in [2.75, 3.05) is 0 Å². The zero-order chi connectivity index (χ0) is 19.2. The number of nitrogens with zero attached hydrogens (tertiary/aromatic N) is 3. The van der Waals surface area contributed by atoms with Gasteiger partial charge < -0.3 is 0 Å². The number of hydrogen-bond acceptors (Lipinski definition) is 2. The Labute approximate surface area is 155 Å². The summed E-state index contributed by atoms with van der Waals surface area (Å²) < 4.78 is 3.56. The fraction of sp³-hybridized carbons (Fsp3) is 0.455. The van der Waals surface area contributed by atoms with E-state index in [0.29, 0.717) is 5.92 Å². The number of aryl methyl sites for hydroxylation is 4. The minimum absolute atomic E-state index is 0.0318. The van der Waals surface area contributed by atoms with E-state index in [1.165, 1.54) is 5.56 Å². The zero-order valence-corrected chi connectivity index (χ0v) is 17.0. The van der Waals surface area contributed by atoms with Gasteiger partial charge in [0.05, 0.1) is 0 Å². The molecule has 3 rings (SSSR count). The predicted octanol–water partition coefficient (Wildman–Crippen LogP) is 4.84. The van der Waals surface area contributed by atoms with E-state index in [4.69, 9.17) is 5.10 Å². The highest BCUT2D eigenvalue weighted by molar-refractivity contribution is 5.67. The van der Waals surface area contributed by atoms with Crippen LogP contribution in [0.1, 0.15) is 60.6 Å². The van der Waals surface area contributed by atoms with Gasteiger partial charge in [-0.3, -0.25) is 9.36 Å². The van der Waals surface area contributed by atoms with Crippen LogP contribution < -0.4 is 5.56 Å². The third kappa shape index (κ3) is 2.77. The summed E-state index contributed by atoms with van der Waals surface area (Å²) in [6.07, 6.45) is 2.05. The van der Waals surface area contributed by atoms with Crippen LogP contribution in [0, 0.1) is 27.7 Å². The molecule has 0 unspecified atom stereocenters. The summed E-state index contributed by atoms with van der Waals surface area (Å²) >= 11 is 0. The first kappa shape index (κ1) is 18.4. The van der Waals surface area contributed by atoms with Gasteiger partial charge in [0.1, 0.15) is 5.52 Å². The van der Waals surface area contributed by atoms with Crippen LogP contribution in [0.25, 0.3) is 16.9 Å². The fourth-order valence-corrected chi connectivity index (χ4v) is 4.20. The van der Waals surface area contributed by atoms with Gasteiger partial charge in [-0.25, -0.2) is 4.52 Å². The van der Waals surface area contributed by atoms with Gasteiger partial charge in [0.15, 0.2) is 5.82 Å². The van der Waals surface area contributed by atoms with Crippen molar-refractivity contribution in [1.82, 2.24) is 14.2 Å². The Morgan fingerprint density at radius 2 is 1.58 bits per heavy atom. The predicted molar refractivity (Wildman–Crippen MR) is 108 cm³/mol. The third-order valence-corrected chi connectivity index (χ3v) is 5.53. The highest BCUT2D eigenvalue weighted by atomic mass is 16.1. The fourth-order valence-electron chi connectivity index (χ4n) is 4.20. The molecule has 0 aliphatic heterocycles. The van der Waals surface area contributed by atoms with Gasteiger partial charge in [0, 0.05) is 18.3 Å². The summed E-state index contributed by atoms with van der Waals surface area (Å²) in [5, 5.41) is 4.91. The van der Waals surface area contributed by atoms with Crippen molar-refractivity contribution in [2.45, 2.75) is 60.3 Å². The van der Waals surface area contributed by atoms with E-state index in [2.05, 4.69) is 52.8 Å². The average molecular weight is 351 g/mol. The zero-order valence-electron chi connectivity index (χ0n) is 17.0. The van der Waals surface area contributed by atoms with Crippen molar-refractivity contribution in [3.05, 3.63) is 56.5 Å². The van der Waals surface area contributed by atoms with Gasteiger partial charge >= 0.3 is 0 Å². The molecule has 0 aliphatic rings. The molecule has 1 aromatic carbocycles. The van der Waals surface area contributed by atoms with Crippen molar-refractivity contribution >= 4 is 5.52 Å². The molecule has 0 aliphatic carbocycles. The molecule has 0 atom stereocenters. The Hall–Kier alpha value is -2.36. The van der Waals surface area contributed by atoms with E-state index in [0.717, 1.165) is 52.1 Å². The van der Waals surface area contributed by atoms with Crippen LogP contribution in [0.15, 0.2) is 23.0 Å². The average Bonchev–Trinajstić information content (AvgIpc) is 2.89. The molecule has 0 saturated carbocycles. The molecule has 0 fully saturated rings. The summed E-state index contributed by atoms with van der Waals surface area (Å²) in [4.78, 5) is 13.3. The number of rotatable bonds is 4. The van der Waals surface area contributed by atoms with Crippen molar-refractivity contribution in [2.24, 2.45) is 7.05 Å². The van der Waals surface area contributed by atoms with Gasteiger partial charge in [0.25, 0.3) is 5.56 Å². The van der Waals surface area contributed by atoms with Crippen LogP contribution in [-0.4, -0.2) is 14.2 Å². The largest absolute Gasteiger partial charge is 0.293 e. The first-order chi connectivity index (χ1) is 12.3. The second kappa shape index (κ2) is 6.75. The lowest BCUT2D eigenvalue weighted by atomic mass is 9.95. The number of fused-ring (bicyclic) bond motifs is 1. The molecule has 138 valence electrons. The second-order valence-corrected chi connectivity index (χ2v) is 7.48. The third-order valence-electron chi connectivity index (χ3n) is 5.53. The Bertz CT molecular complexity index is 1010. The summed E-state index contributed by atoms with van der Waals surface area (Å²) in [5.41, 5.74) is 7.48. The van der Waals surface area contributed by atoms with Crippen LogP contribution in [0.4, 0.5) is 0 Å². The maximum absolute atomic E-state index is 13.3. The first-order valence-corrected chi connectivity index (χ1v) is 9.47. The minimum Gasteiger partial charge on any atom is -0.293 e. The molecule has 0 radical (unpaired) electrons. The molecule has 3 aromatic rings. The maximum atomic E-state index is 13.3. The summed E-state index contributed by atoms with van der Waals surface area (Å²) in [7, 11) is 1.84. The Kier molecular flexibility index (Phi) is 4.78. The number of aromatic nitrogens is 3. The second-order valence-electron chi connectivity index (χ2n) is 7.48. The van der Waals surface area contributed by atoms with E-state index < -0.39 is 0 Å². The monoisotopic (exact) mass is 351 g/mol. The normalized spacial score (nSPS) is 11.7. The Morgan fingerprint density at radius 3 is 2.12 bits per heavy atom. The molecule has 0 saturated heterocycles. The molecular formula is C22H29N3O. The lowest BCUT2D eigenvalue weighted by Gasteiger charge is -2.16. The number of hydrogen-bond donors (Lipinski definition) is 0. The van der Waals surface area contributed by atoms with E-state index >= 15 is 0 Å². The molecule has 4 heteroatoms. The van der Waals surface area contributed by atoms with E-state index in [9.17, 15) is 4.79 Å². The van der Waals surface area contributed by atoms with E-state index in [-0.39, 0.29) is 5.56 Å². The van der Waals surface area contributed by atoms with E-state index in [1.54, 1.807) is 4.57 Å². The molecule has 26 heavy (non-hydrogen) atoms. The molecule has 0 amide bonds. The summed E-state index contributed by atoms with van der Waals surface area (Å²) in [6, 6.07) is 6.44. The van der Waals surface area contributed by atoms with Crippen LogP contribution in [0.3, 0.4) is 0 Å². The Balaban J connectivity index is 2.38. The van der Waals surface area contributed by atoms with Crippen molar-refractivity contribution in [3.63, 3.8) is 0 Å². The summed E-state index contributed by atoms with van der Waals surface area (Å²) in [6.45, 7) is 12.7. The number of benzene rings is 1. The smallest absolute Gasteiger partial charge is 0.278 e.